The summed E-state index contributed by atoms with van der Waals surface area (Å²) in [6, 6.07) is 5.38. The van der Waals surface area contributed by atoms with Crippen molar-refractivity contribution in [2.24, 2.45) is 0 Å². The van der Waals surface area contributed by atoms with Crippen LogP contribution in [0.4, 0.5) is 5.69 Å². The maximum atomic E-state index is 10.3. The third kappa shape index (κ3) is 3.55. The molecule has 0 saturated heterocycles. The topological polar surface area (TPSA) is 49.3 Å². The van der Waals surface area contributed by atoms with Gasteiger partial charge in [0.15, 0.2) is 0 Å². The fraction of sp³-hybridized carbons (Fsp3) is 0.222. The van der Waals surface area contributed by atoms with Gasteiger partial charge in [0.05, 0.1) is 17.1 Å². The van der Waals surface area contributed by atoms with Crippen LogP contribution in [-0.4, -0.2) is 17.6 Å². The van der Waals surface area contributed by atoms with Gasteiger partial charge in [0.25, 0.3) is 0 Å². The fourth-order valence-electron chi connectivity index (χ4n) is 0.937. The van der Waals surface area contributed by atoms with Crippen molar-refractivity contribution >= 4 is 39.2 Å². The third-order valence-electron chi connectivity index (χ3n) is 1.58. The highest BCUT2D eigenvalue weighted by molar-refractivity contribution is 9.10. The number of carboxylic acid groups (broad SMARTS) is 1. The number of rotatable bonds is 4. The summed E-state index contributed by atoms with van der Waals surface area (Å²) >= 11 is 9.18. The summed E-state index contributed by atoms with van der Waals surface area (Å²) in [6.07, 6.45) is 0.0723. The van der Waals surface area contributed by atoms with E-state index in [0.29, 0.717) is 11.6 Å². The molecule has 1 aromatic rings. The van der Waals surface area contributed by atoms with E-state index >= 15 is 0 Å². The molecule has 5 heteroatoms. The Labute approximate surface area is 95.2 Å². The lowest BCUT2D eigenvalue weighted by atomic mass is 10.3. The molecule has 76 valence electrons. The Morgan fingerprint density at radius 1 is 1.57 bits per heavy atom. The highest BCUT2D eigenvalue weighted by atomic mass is 79.9. The molecule has 1 rings (SSSR count). The van der Waals surface area contributed by atoms with Crippen LogP contribution in [0.25, 0.3) is 0 Å². The van der Waals surface area contributed by atoms with Gasteiger partial charge in [-0.15, -0.1) is 0 Å². The molecule has 1 aromatic carbocycles. The largest absolute Gasteiger partial charge is 0.481 e. The average molecular weight is 279 g/mol. The number of carbonyl (C=O) groups is 1. The highest BCUT2D eigenvalue weighted by Gasteiger charge is 2.01. The first-order chi connectivity index (χ1) is 6.59. The molecule has 0 atom stereocenters. The van der Waals surface area contributed by atoms with E-state index in [9.17, 15) is 4.79 Å². The molecule has 0 radical (unpaired) electrons. The normalized spacial score (nSPS) is 9.86. The molecule has 0 aliphatic heterocycles. The monoisotopic (exact) mass is 277 g/mol. The molecule has 0 saturated carbocycles. The van der Waals surface area contributed by atoms with Gasteiger partial charge < -0.3 is 10.4 Å². The quantitative estimate of drug-likeness (QED) is 0.890. The Bertz CT molecular complexity index is 344. The van der Waals surface area contributed by atoms with E-state index in [1.54, 1.807) is 6.07 Å². The molecule has 0 aliphatic rings. The van der Waals surface area contributed by atoms with Crippen molar-refractivity contribution in [2.45, 2.75) is 6.42 Å². The smallest absolute Gasteiger partial charge is 0.305 e. The van der Waals surface area contributed by atoms with Gasteiger partial charge in [0.2, 0.25) is 0 Å². The van der Waals surface area contributed by atoms with Crippen LogP contribution in [0.2, 0.25) is 5.02 Å². The number of benzene rings is 1. The Balaban J connectivity index is 2.57. The predicted octanol–water partition coefficient (Wildman–Crippen LogP) is 2.99. The molecular weight excluding hydrogens is 269 g/mol. The van der Waals surface area contributed by atoms with Crippen molar-refractivity contribution in [3.05, 3.63) is 27.7 Å². The molecule has 0 fully saturated rings. The molecule has 0 bridgehead atoms. The van der Waals surface area contributed by atoms with E-state index in [1.165, 1.54) is 0 Å². The number of nitrogens with one attached hydrogen (secondary N) is 1. The van der Waals surface area contributed by atoms with Gasteiger partial charge in [-0.05, 0) is 18.2 Å². The van der Waals surface area contributed by atoms with E-state index in [1.807, 2.05) is 12.1 Å². The van der Waals surface area contributed by atoms with Crippen molar-refractivity contribution in [1.29, 1.82) is 0 Å². The van der Waals surface area contributed by atoms with Crippen LogP contribution in [0.3, 0.4) is 0 Å². The minimum atomic E-state index is -0.830. The van der Waals surface area contributed by atoms with E-state index < -0.39 is 5.97 Å². The zero-order chi connectivity index (χ0) is 10.6. The average Bonchev–Trinajstić information content (AvgIpc) is 2.10. The van der Waals surface area contributed by atoms with Crippen molar-refractivity contribution in [2.75, 3.05) is 11.9 Å². The van der Waals surface area contributed by atoms with Crippen molar-refractivity contribution in [1.82, 2.24) is 0 Å². The van der Waals surface area contributed by atoms with Gasteiger partial charge in [0, 0.05) is 11.0 Å². The van der Waals surface area contributed by atoms with Crippen LogP contribution in [0, 0.1) is 0 Å². The molecule has 0 aromatic heterocycles. The number of halogens is 2. The van der Waals surface area contributed by atoms with Gasteiger partial charge in [-0.25, -0.2) is 0 Å². The SMILES string of the molecule is O=C(O)CCNc1cc(Br)ccc1Cl. The van der Waals surface area contributed by atoms with E-state index in [4.69, 9.17) is 16.7 Å². The van der Waals surface area contributed by atoms with Crippen LogP contribution in [0.5, 0.6) is 0 Å². The lowest BCUT2D eigenvalue weighted by Crippen LogP contribution is -2.07. The van der Waals surface area contributed by atoms with E-state index in [2.05, 4.69) is 21.2 Å². The van der Waals surface area contributed by atoms with Crippen molar-refractivity contribution < 1.29 is 9.90 Å². The van der Waals surface area contributed by atoms with Gasteiger partial charge in [0.1, 0.15) is 0 Å². The molecule has 0 amide bonds. The van der Waals surface area contributed by atoms with Gasteiger partial charge in [-0.2, -0.15) is 0 Å². The summed E-state index contributed by atoms with van der Waals surface area (Å²) in [7, 11) is 0. The maximum Gasteiger partial charge on any atom is 0.305 e. The minimum Gasteiger partial charge on any atom is -0.481 e. The molecule has 0 unspecified atom stereocenters. The molecule has 0 spiro atoms. The molecule has 0 aliphatic carbocycles. The summed E-state index contributed by atoms with van der Waals surface area (Å²) in [5.41, 5.74) is 0.738. The summed E-state index contributed by atoms with van der Waals surface area (Å²) in [5, 5.41) is 12.0. The van der Waals surface area contributed by atoms with Crippen LogP contribution >= 0.6 is 27.5 Å². The van der Waals surface area contributed by atoms with Gasteiger partial charge in [-0.1, -0.05) is 27.5 Å². The molecule has 3 nitrogen and oxygen atoms in total. The first-order valence-corrected chi connectivity index (χ1v) is 5.17. The lowest BCUT2D eigenvalue weighted by Gasteiger charge is -2.06. The summed E-state index contributed by atoms with van der Waals surface area (Å²) < 4.78 is 0.903. The second kappa shape index (κ2) is 5.22. The Morgan fingerprint density at radius 2 is 2.29 bits per heavy atom. The molecule has 0 heterocycles. The maximum absolute atomic E-state index is 10.3. The van der Waals surface area contributed by atoms with E-state index in [0.717, 1.165) is 10.2 Å². The van der Waals surface area contributed by atoms with Crippen LogP contribution < -0.4 is 5.32 Å². The number of hydrogen-bond acceptors (Lipinski definition) is 2. The Kier molecular flexibility index (Phi) is 4.22. The van der Waals surface area contributed by atoms with Gasteiger partial charge >= 0.3 is 5.97 Å². The summed E-state index contributed by atoms with van der Waals surface area (Å²) in [5.74, 6) is -0.830. The number of hydrogen-bond donors (Lipinski definition) is 2. The minimum absolute atomic E-state index is 0.0723. The second-order valence-corrected chi connectivity index (χ2v) is 4.02. The standard InChI is InChI=1S/C9H9BrClNO2/c10-6-1-2-7(11)8(5-6)12-4-3-9(13)14/h1-2,5,12H,3-4H2,(H,13,14). The zero-order valence-electron chi connectivity index (χ0n) is 7.26. The highest BCUT2D eigenvalue weighted by Crippen LogP contribution is 2.25. The van der Waals surface area contributed by atoms with E-state index in [-0.39, 0.29) is 6.42 Å². The first kappa shape index (κ1) is 11.3. The summed E-state index contributed by atoms with van der Waals surface area (Å²) in [6.45, 7) is 0.367. The lowest BCUT2D eigenvalue weighted by molar-refractivity contribution is -0.136. The van der Waals surface area contributed by atoms with Crippen LogP contribution in [-0.2, 0) is 4.79 Å². The Hall–Kier alpha value is -0.740. The van der Waals surface area contributed by atoms with Crippen LogP contribution in [0.15, 0.2) is 22.7 Å². The predicted molar refractivity (Wildman–Crippen MR) is 59.9 cm³/mol. The Morgan fingerprint density at radius 3 is 2.93 bits per heavy atom. The summed E-state index contributed by atoms with van der Waals surface area (Å²) in [4.78, 5) is 10.3. The van der Waals surface area contributed by atoms with Crippen molar-refractivity contribution in [3.8, 4) is 0 Å². The number of carboxylic acids is 1. The third-order valence-corrected chi connectivity index (χ3v) is 2.41. The number of anilines is 1. The molecule has 14 heavy (non-hydrogen) atoms. The first-order valence-electron chi connectivity index (χ1n) is 4.00. The zero-order valence-corrected chi connectivity index (χ0v) is 9.60. The number of aliphatic carboxylic acids is 1. The second-order valence-electron chi connectivity index (χ2n) is 2.69. The van der Waals surface area contributed by atoms with Gasteiger partial charge in [-0.3, -0.25) is 4.79 Å². The molecular formula is C9H9BrClNO2. The molecule has 2 N–H and O–H groups in total. The fourth-order valence-corrected chi connectivity index (χ4v) is 1.48. The van der Waals surface area contributed by atoms with Crippen molar-refractivity contribution in [3.63, 3.8) is 0 Å². The van der Waals surface area contributed by atoms with Crippen LogP contribution in [0.1, 0.15) is 6.42 Å².